The Morgan fingerprint density at radius 3 is 2.30 bits per heavy atom. The molecular formula is C17H24N2O. The molecule has 2 N–H and O–H groups in total. The van der Waals surface area contributed by atoms with E-state index >= 15 is 0 Å². The van der Waals surface area contributed by atoms with Gasteiger partial charge in [-0.3, -0.25) is 4.79 Å². The fourth-order valence-corrected chi connectivity index (χ4v) is 5.52. The normalized spacial score (nSPS) is 38.4. The lowest BCUT2D eigenvalue weighted by molar-refractivity contribution is -0.0300. The number of aromatic nitrogens is 1. The highest BCUT2D eigenvalue weighted by Gasteiger charge is 2.48. The molecule has 4 aliphatic carbocycles. The van der Waals surface area contributed by atoms with Gasteiger partial charge in [-0.15, -0.1) is 0 Å². The largest absolute Gasteiger partial charge is 0.348 e. The zero-order valence-electron chi connectivity index (χ0n) is 12.2. The Labute approximate surface area is 120 Å². The van der Waals surface area contributed by atoms with Gasteiger partial charge in [0, 0.05) is 36.1 Å². The first-order valence-electron chi connectivity index (χ1n) is 8.07. The standard InChI is InChI=1S/C17H24N2O/c1-10-2-16(20)15(8-18)9-19(10)17-13-4-11-3-12(6-13)7-14(17)5-11/h2,9,11-14,17H,3-8,18H2,1H3. The topological polar surface area (TPSA) is 48.0 Å². The van der Waals surface area contributed by atoms with Gasteiger partial charge in [-0.05, 0) is 62.7 Å². The van der Waals surface area contributed by atoms with Gasteiger partial charge in [0.05, 0.1) is 0 Å². The smallest absolute Gasteiger partial charge is 0.186 e. The second-order valence-corrected chi connectivity index (χ2v) is 7.34. The van der Waals surface area contributed by atoms with Crippen LogP contribution < -0.4 is 11.2 Å². The number of aryl methyl sites for hydroxylation is 1. The molecule has 0 saturated heterocycles. The van der Waals surface area contributed by atoms with Crippen LogP contribution in [0.25, 0.3) is 0 Å². The van der Waals surface area contributed by atoms with Crippen molar-refractivity contribution < 1.29 is 0 Å². The van der Waals surface area contributed by atoms with Crippen LogP contribution in [0.5, 0.6) is 0 Å². The molecule has 0 spiro atoms. The van der Waals surface area contributed by atoms with Crippen molar-refractivity contribution in [3.05, 3.63) is 33.7 Å². The number of nitrogens with two attached hydrogens (primary N) is 1. The average molecular weight is 272 g/mol. The lowest BCUT2D eigenvalue weighted by Crippen LogP contribution is -2.46. The second kappa shape index (κ2) is 4.45. The van der Waals surface area contributed by atoms with Gasteiger partial charge < -0.3 is 10.3 Å². The van der Waals surface area contributed by atoms with Crippen LogP contribution >= 0.6 is 0 Å². The fraction of sp³-hybridized carbons (Fsp3) is 0.706. The van der Waals surface area contributed by atoms with Crippen LogP contribution in [0, 0.1) is 30.6 Å². The van der Waals surface area contributed by atoms with E-state index in [-0.39, 0.29) is 5.43 Å². The van der Waals surface area contributed by atoms with Crippen LogP contribution in [0.4, 0.5) is 0 Å². The molecule has 0 radical (unpaired) electrons. The summed E-state index contributed by atoms with van der Waals surface area (Å²) in [6.45, 7) is 2.43. The predicted molar refractivity (Wildman–Crippen MR) is 79.4 cm³/mol. The molecule has 0 unspecified atom stereocenters. The van der Waals surface area contributed by atoms with E-state index in [4.69, 9.17) is 5.73 Å². The third-order valence-electron chi connectivity index (χ3n) is 6.08. The van der Waals surface area contributed by atoms with Crippen LogP contribution in [0.3, 0.4) is 0 Å². The molecule has 1 aromatic rings. The summed E-state index contributed by atoms with van der Waals surface area (Å²) in [5, 5.41) is 0. The van der Waals surface area contributed by atoms with Gasteiger partial charge in [0.25, 0.3) is 0 Å². The molecule has 5 rings (SSSR count). The van der Waals surface area contributed by atoms with Crippen LogP contribution in [-0.4, -0.2) is 4.57 Å². The molecule has 20 heavy (non-hydrogen) atoms. The lowest BCUT2D eigenvalue weighted by atomic mass is 9.54. The minimum Gasteiger partial charge on any atom is -0.348 e. The lowest BCUT2D eigenvalue weighted by Gasteiger charge is -2.55. The van der Waals surface area contributed by atoms with Crippen molar-refractivity contribution in [2.75, 3.05) is 0 Å². The molecule has 3 heteroatoms. The molecule has 4 bridgehead atoms. The molecule has 0 aliphatic heterocycles. The molecule has 3 nitrogen and oxygen atoms in total. The first kappa shape index (κ1) is 12.6. The van der Waals surface area contributed by atoms with Gasteiger partial charge in [0.15, 0.2) is 5.43 Å². The number of hydrogen-bond donors (Lipinski definition) is 1. The van der Waals surface area contributed by atoms with Crippen molar-refractivity contribution in [2.45, 2.75) is 51.6 Å². The molecule has 0 amide bonds. The summed E-state index contributed by atoms with van der Waals surface area (Å²) in [5.41, 5.74) is 7.72. The Bertz CT molecular complexity index is 561. The van der Waals surface area contributed by atoms with Crippen molar-refractivity contribution in [3.8, 4) is 0 Å². The molecule has 0 aromatic carbocycles. The maximum absolute atomic E-state index is 11.9. The van der Waals surface area contributed by atoms with E-state index in [0.717, 1.165) is 34.9 Å². The quantitative estimate of drug-likeness (QED) is 0.899. The minimum atomic E-state index is 0.102. The van der Waals surface area contributed by atoms with Crippen molar-refractivity contribution in [1.82, 2.24) is 4.57 Å². The minimum absolute atomic E-state index is 0.102. The Morgan fingerprint density at radius 2 is 1.75 bits per heavy atom. The zero-order valence-corrected chi connectivity index (χ0v) is 12.2. The van der Waals surface area contributed by atoms with E-state index in [0.29, 0.717) is 12.6 Å². The second-order valence-electron chi connectivity index (χ2n) is 7.34. The third-order valence-corrected chi connectivity index (χ3v) is 6.08. The molecular weight excluding hydrogens is 248 g/mol. The van der Waals surface area contributed by atoms with Crippen molar-refractivity contribution in [1.29, 1.82) is 0 Å². The zero-order chi connectivity index (χ0) is 13.9. The van der Waals surface area contributed by atoms with Crippen LogP contribution in [0.15, 0.2) is 17.1 Å². The molecule has 1 heterocycles. The number of pyridine rings is 1. The first-order chi connectivity index (χ1) is 9.65. The Morgan fingerprint density at radius 1 is 1.15 bits per heavy atom. The van der Waals surface area contributed by atoms with Crippen molar-refractivity contribution >= 4 is 0 Å². The van der Waals surface area contributed by atoms with Crippen molar-refractivity contribution in [2.24, 2.45) is 29.4 Å². The van der Waals surface area contributed by atoms with Crippen LogP contribution in [0.2, 0.25) is 0 Å². The highest BCUT2D eigenvalue weighted by Crippen LogP contribution is 2.58. The fourth-order valence-electron chi connectivity index (χ4n) is 5.52. The highest BCUT2D eigenvalue weighted by atomic mass is 16.1. The molecule has 108 valence electrons. The van der Waals surface area contributed by atoms with Gasteiger partial charge in [-0.2, -0.15) is 0 Å². The van der Waals surface area contributed by atoms with E-state index in [2.05, 4.69) is 17.7 Å². The SMILES string of the molecule is Cc1cc(=O)c(CN)cn1C1C2CC3CC(C2)CC1C3. The van der Waals surface area contributed by atoms with Gasteiger partial charge in [-0.25, -0.2) is 0 Å². The van der Waals surface area contributed by atoms with E-state index < -0.39 is 0 Å². The molecule has 4 saturated carbocycles. The van der Waals surface area contributed by atoms with Crippen molar-refractivity contribution in [3.63, 3.8) is 0 Å². The molecule has 4 aliphatic rings. The Balaban J connectivity index is 1.76. The molecule has 1 aromatic heterocycles. The molecule has 0 atom stereocenters. The summed E-state index contributed by atoms with van der Waals surface area (Å²) in [7, 11) is 0. The number of nitrogens with zero attached hydrogens (tertiary/aromatic N) is 1. The summed E-state index contributed by atoms with van der Waals surface area (Å²) in [4.78, 5) is 11.9. The van der Waals surface area contributed by atoms with Gasteiger partial charge in [0.1, 0.15) is 0 Å². The summed E-state index contributed by atoms with van der Waals surface area (Å²) in [6.07, 6.45) is 9.16. The van der Waals surface area contributed by atoms with Gasteiger partial charge in [-0.1, -0.05) is 0 Å². The Hall–Kier alpha value is -1.09. The summed E-state index contributed by atoms with van der Waals surface area (Å²) >= 11 is 0. The maximum Gasteiger partial charge on any atom is 0.186 e. The van der Waals surface area contributed by atoms with E-state index in [1.807, 2.05) is 0 Å². The number of rotatable bonds is 2. The average Bonchev–Trinajstić information content (AvgIpc) is 2.39. The van der Waals surface area contributed by atoms with Crippen LogP contribution in [0.1, 0.15) is 49.4 Å². The third kappa shape index (κ3) is 1.79. The van der Waals surface area contributed by atoms with Gasteiger partial charge >= 0.3 is 0 Å². The Kier molecular flexibility index (Phi) is 2.81. The van der Waals surface area contributed by atoms with Gasteiger partial charge in [0.2, 0.25) is 0 Å². The summed E-state index contributed by atoms with van der Waals surface area (Å²) < 4.78 is 2.40. The number of hydrogen-bond acceptors (Lipinski definition) is 2. The van der Waals surface area contributed by atoms with E-state index in [9.17, 15) is 4.79 Å². The van der Waals surface area contributed by atoms with E-state index in [1.165, 1.54) is 32.1 Å². The highest BCUT2D eigenvalue weighted by molar-refractivity contribution is 5.18. The monoisotopic (exact) mass is 272 g/mol. The summed E-state index contributed by atoms with van der Waals surface area (Å²) in [5.74, 6) is 3.64. The van der Waals surface area contributed by atoms with E-state index in [1.54, 1.807) is 6.07 Å². The summed E-state index contributed by atoms with van der Waals surface area (Å²) in [6, 6.07) is 2.40. The first-order valence-corrected chi connectivity index (χ1v) is 8.07. The maximum atomic E-state index is 11.9. The molecule has 4 fully saturated rings. The predicted octanol–water partition coefficient (Wildman–Crippen LogP) is 2.61. The van der Waals surface area contributed by atoms with Crippen LogP contribution in [-0.2, 0) is 6.54 Å².